The molecule has 2 N–H and O–H groups in total. The lowest BCUT2D eigenvalue weighted by molar-refractivity contribution is 0.394. The van der Waals surface area contributed by atoms with Gasteiger partial charge in [0.1, 0.15) is 5.82 Å². The summed E-state index contributed by atoms with van der Waals surface area (Å²) in [5.41, 5.74) is 9.86. The van der Waals surface area contributed by atoms with Crippen LogP contribution in [-0.4, -0.2) is 38.7 Å². The fourth-order valence-corrected chi connectivity index (χ4v) is 1.96. The van der Waals surface area contributed by atoms with Gasteiger partial charge in [-0.25, -0.2) is 9.97 Å². The maximum atomic E-state index is 6.11. The summed E-state index contributed by atoms with van der Waals surface area (Å²) in [4.78, 5) is 10.8. The zero-order chi connectivity index (χ0) is 14.2. The lowest BCUT2D eigenvalue weighted by Crippen LogP contribution is -2.12. The molecule has 19 heavy (non-hydrogen) atoms. The lowest BCUT2D eigenvalue weighted by atomic mass is 10.2. The van der Waals surface area contributed by atoms with Crippen LogP contribution in [0.25, 0.3) is 5.95 Å². The van der Waals surface area contributed by atoms with Crippen LogP contribution in [0.3, 0.4) is 0 Å². The van der Waals surface area contributed by atoms with E-state index in [1.54, 1.807) is 4.68 Å². The standard InChI is InChI=1S/C13H20N6/c1-8-6-9(2)16-13(15-8)19-12(14)10(3)11(17-19)7-18(4)5/h6H,7,14H2,1-5H3. The number of aromatic nitrogens is 4. The monoisotopic (exact) mass is 260 g/mol. The van der Waals surface area contributed by atoms with E-state index < -0.39 is 0 Å². The van der Waals surface area contributed by atoms with Gasteiger partial charge in [0.2, 0.25) is 0 Å². The van der Waals surface area contributed by atoms with E-state index >= 15 is 0 Å². The van der Waals surface area contributed by atoms with E-state index in [9.17, 15) is 0 Å². The number of nitrogens with zero attached hydrogens (tertiary/aromatic N) is 5. The van der Waals surface area contributed by atoms with Crippen LogP contribution in [0.4, 0.5) is 5.82 Å². The summed E-state index contributed by atoms with van der Waals surface area (Å²) < 4.78 is 1.62. The van der Waals surface area contributed by atoms with Gasteiger partial charge in [0, 0.05) is 23.5 Å². The van der Waals surface area contributed by atoms with Crippen LogP contribution in [0.1, 0.15) is 22.6 Å². The van der Waals surface area contributed by atoms with Gasteiger partial charge in [-0.2, -0.15) is 9.78 Å². The Morgan fingerprint density at radius 1 is 1.16 bits per heavy atom. The van der Waals surface area contributed by atoms with Crippen LogP contribution < -0.4 is 5.73 Å². The molecule has 0 aliphatic heterocycles. The van der Waals surface area contributed by atoms with E-state index in [2.05, 4.69) is 20.0 Å². The Kier molecular flexibility index (Phi) is 3.53. The van der Waals surface area contributed by atoms with E-state index in [1.807, 2.05) is 40.9 Å². The predicted octanol–water partition coefficient (Wildman–Crippen LogP) is 1.23. The highest BCUT2D eigenvalue weighted by molar-refractivity contribution is 5.46. The minimum absolute atomic E-state index is 0.531. The number of hydrogen-bond acceptors (Lipinski definition) is 5. The molecule has 0 unspecified atom stereocenters. The highest BCUT2D eigenvalue weighted by atomic mass is 15.4. The first-order valence-corrected chi connectivity index (χ1v) is 6.20. The van der Waals surface area contributed by atoms with Gasteiger partial charge in [-0.15, -0.1) is 0 Å². The van der Waals surface area contributed by atoms with Crippen LogP contribution in [0.2, 0.25) is 0 Å². The molecule has 0 amide bonds. The zero-order valence-electron chi connectivity index (χ0n) is 12.1. The van der Waals surface area contributed by atoms with Crippen molar-refractivity contribution in [1.82, 2.24) is 24.6 Å². The molecule has 2 aromatic rings. The Bertz CT molecular complexity index is 579. The number of hydrogen-bond donors (Lipinski definition) is 1. The van der Waals surface area contributed by atoms with Crippen molar-refractivity contribution in [2.45, 2.75) is 27.3 Å². The van der Waals surface area contributed by atoms with Crippen LogP contribution in [-0.2, 0) is 6.54 Å². The van der Waals surface area contributed by atoms with Crippen molar-refractivity contribution >= 4 is 5.82 Å². The van der Waals surface area contributed by atoms with Gasteiger partial charge in [-0.05, 0) is 40.9 Å². The molecule has 2 aromatic heterocycles. The smallest absolute Gasteiger partial charge is 0.252 e. The zero-order valence-corrected chi connectivity index (χ0v) is 12.1. The summed E-state index contributed by atoms with van der Waals surface area (Å²) in [6, 6.07) is 1.93. The number of anilines is 1. The Morgan fingerprint density at radius 3 is 2.26 bits per heavy atom. The molecule has 0 aliphatic rings. The highest BCUT2D eigenvalue weighted by Gasteiger charge is 2.15. The molecular weight excluding hydrogens is 240 g/mol. The molecule has 6 nitrogen and oxygen atoms in total. The van der Waals surface area contributed by atoms with Crippen molar-refractivity contribution in [3.63, 3.8) is 0 Å². The summed E-state index contributed by atoms with van der Waals surface area (Å²) in [5.74, 6) is 1.13. The largest absolute Gasteiger partial charge is 0.383 e. The van der Waals surface area contributed by atoms with Gasteiger partial charge in [-0.1, -0.05) is 0 Å². The van der Waals surface area contributed by atoms with Gasteiger partial charge in [-0.3, -0.25) is 0 Å². The van der Waals surface area contributed by atoms with Crippen LogP contribution in [0.5, 0.6) is 0 Å². The third kappa shape index (κ3) is 2.73. The van der Waals surface area contributed by atoms with E-state index in [0.717, 1.165) is 29.2 Å². The molecule has 0 saturated heterocycles. The number of nitrogen functional groups attached to an aromatic ring is 1. The summed E-state index contributed by atoms with van der Waals surface area (Å²) in [6.45, 7) is 6.59. The second-order valence-corrected chi connectivity index (χ2v) is 5.06. The summed E-state index contributed by atoms with van der Waals surface area (Å²) in [6.07, 6.45) is 0. The molecule has 0 radical (unpaired) electrons. The van der Waals surface area contributed by atoms with Crippen molar-refractivity contribution in [2.75, 3.05) is 19.8 Å². The predicted molar refractivity (Wildman–Crippen MR) is 75.2 cm³/mol. The summed E-state index contributed by atoms with van der Waals surface area (Å²) >= 11 is 0. The second kappa shape index (κ2) is 4.97. The molecule has 2 heterocycles. The van der Waals surface area contributed by atoms with Crippen LogP contribution in [0.15, 0.2) is 6.07 Å². The Hall–Kier alpha value is -1.95. The fraction of sp³-hybridized carbons (Fsp3) is 0.462. The Morgan fingerprint density at radius 2 is 1.74 bits per heavy atom. The number of rotatable bonds is 3. The molecule has 0 atom stereocenters. The van der Waals surface area contributed by atoms with E-state index in [1.165, 1.54) is 0 Å². The first-order valence-electron chi connectivity index (χ1n) is 6.20. The molecule has 0 saturated carbocycles. The fourth-order valence-electron chi connectivity index (χ4n) is 1.96. The van der Waals surface area contributed by atoms with Crippen molar-refractivity contribution in [1.29, 1.82) is 0 Å². The van der Waals surface area contributed by atoms with Crippen LogP contribution in [0, 0.1) is 20.8 Å². The average molecular weight is 260 g/mol. The van der Waals surface area contributed by atoms with Gasteiger partial charge >= 0.3 is 0 Å². The molecule has 2 rings (SSSR count). The highest BCUT2D eigenvalue weighted by Crippen LogP contribution is 2.19. The maximum absolute atomic E-state index is 6.11. The maximum Gasteiger partial charge on any atom is 0.252 e. The van der Waals surface area contributed by atoms with Crippen molar-refractivity contribution < 1.29 is 0 Å². The number of nitrogens with two attached hydrogens (primary N) is 1. The summed E-state index contributed by atoms with van der Waals surface area (Å²) in [7, 11) is 4.00. The minimum Gasteiger partial charge on any atom is -0.383 e. The minimum atomic E-state index is 0.531. The lowest BCUT2D eigenvalue weighted by Gasteiger charge is -2.06. The SMILES string of the molecule is Cc1cc(C)nc(-n2nc(CN(C)C)c(C)c2N)n1. The normalized spacial score (nSPS) is 11.3. The van der Waals surface area contributed by atoms with Crippen molar-refractivity contribution in [3.8, 4) is 5.95 Å². The molecule has 0 aliphatic carbocycles. The topological polar surface area (TPSA) is 72.9 Å². The molecule has 0 spiro atoms. The first-order chi connectivity index (χ1) is 8.88. The van der Waals surface area contributed by atoms with Gasteiger partial charge in [0.15, 0.2) is 0 Å². The first kappa shape index (κ1) is 13.5. The quantitative estimate of drug-likeness (QED) is 0.898. The van der Waals surface area contributed by atoms with E-state index in [-0.39, 0.29) is 0 Å². The second-order valence-electron chi connectivity index (χ2n) is 5.06. The summed E-state index contributed by atoms with van der Waals surface area (Å²) in [5, 5.41) is 4.53. The Labute approximate surface area is 113 Å². The average Bonchev–Trinajstić information content (AvgIpc) is 2.55. The van der Waals surface area contributed by atoms with Crippen molar-refractivity contribution in [2.24, 2.45) is 0 Å². The van der Waals surface area contributed by atoms with Gasteiger partial charge in [0.05, 0.1) is 5.69 Å². The molecule has 0 bridgehead atoms. The molecule has 0 fully saturated rings. The van der Waals surface area contributed by atoms with E-state index in [4.69, 9.17) is 5.73 Å². The third-order valence-electron chi connectivity index (χ3n) is 2.89. The molecular formula is C13H20N6. The van der Waals surface area contributed by atoms with Crippen molar-refractivity contribution in [3.05, 3.63) is 28.7 Å². The molecule has 102 valence electrons. The molecule has 0 aromatic carbocycles. The molecule has 6 heteroatoms. The van der Waals surface area contributed by atoms with Gasteiger partial charge < -0.3 is 10.6 Å². The van der Waals surface area contributed by atoms with Gasteiger partial charge in [0.25, 0.3) is 5.95 Å². The third-order valence-corrected chi connectivity index (χ3v) is 2.89. The van der Waals surface area contributed by atoms with Crippen LogP contribution >= 0.6 is 0 Å². The Balaban J connectivity index is 2.50. The number of aryl methyl sites for hydroxylation is 2. The van der Waals surface area contributed by atoms with E-state index in [0.29, 0.717) is 11.8 Å².